The van der Waals surface area contributed by atoms with Crippen LogP contribution in [0.1, 0.15) is 42.1 Å². The minimum atomic E-state index is -4.53. The second-order valence-electron chi connectivity index (χ2n) is 8.11. The second-order valence-corrected chi connectivity index (χ2v) is 8.11. The number of hydrogen-bond acceptors (Lipinski definition) is 1. The lowest BCUT2D eigenvalue weighted by Crippen LogP contribution is -2.36. The van der Waals surface area contributed by atoms with E-state index < -0.39 is 29.5 Å². The molecule has 2 amide bonds. The monoisotopic (exact) mass is 497 g/mol. The Morgan fingerprint density at radius 2 is 1.57 bits per heavy atom. The number of urea groups is 1. The summed E-state index contributed by atoms with van der Waals surface area (Å²) in [5.74, 6) is 0. The average molecular weight is 497 g/mol. The molecule has 0 atom stereocenters. The van der Waals surface area contributed by atoms with Crippen molar-refractivity contribution in [2.75, 3.05) is 11.9 Å². The van der Waals surface area contributed by atoms with E-state index in [-0.39, 0.29) is 18.8 Å². The van der Waals surface area contributed by atoms with E-state index in [0.717, 1.165) is 30.7 Å². The molecule has 1 N–H and O–H groups in total. The molecule has 10 heteroatoms. The highest BCUT2D eigenvalue weighted by molar-refractivity contribution is 5.89. The van der Waals surface area contributed by atoms with Crippen LogP contribution < -0.4 is 5.32 Å². The van der Waals surface area contributed by atoms with Gasteiger partial charge in [0.05, 0.1) is 17.7 Å². The number of carbonyl (C=O) groups excluding carboxylic acids is 1. The number of hydrogen-bond donors (Lipinski definition) is 1. The van der Waals surface area contributed by atoms with Gasteiger partial charge in [-0.25, -0.2) is 4.79 Å². The SMILES string of the molecule is CCCCN(Cc1cccn1Cc1cccc(C(F)(F)F)c1)C(=O)Nc1cccc(C(F)(F)F)c1. The van der Waals surface area contributed by atoms with E-state index in [1.165, 1.54) is 23.1 Å². The van der Waals surface area contributed by atoms with Crippen molar-refractivity contribution < 1.29 is 31.1 Å². The van der Waals surface area contributed by atoms with Gasteiger partial charge in [-0.2, -0.15) is 26.3 Å². The topological polar surface area (TPSA) is 37.3 Å². The number of rotatable bonds is 8. The molecule has 1 heterocycles. The van der Waals surface area contributed by atoms with E-state index >= 15 is 0 Å². The van der Waals surface area contributed by atoms with Gasteiger partial charge in [-0.15, -0.1) is 0 Å². The summed E-state index contributed by atoms with van der Waals surface area (Å²) in [6.45, 7) is 2.61. The van der Waals surface area contributed by atoms with Gasteiger partial charge in [0.2, 0.25) is 0 Å². The molecule has 0 bridgehead atoms. The fraction of sp³-hybridized carbons (Fsp3) is 0.320. The molecule has 3 aromatic rings. The molecule has 4 nitrogen and oxygen atoms in total. The smallest absolute Gasteiger partial charge is 0.345 e. The molecule has 3 rings (SSSR count). The Balaban J connectivity index is 1.77. The van der Waals surface area contributed by atoms with Crippen LogP contribution in [0.5, 0.6) is 0 Å². The standard InChI is InChI=1S/C25H25F6N3O/c1-2-3-12-34(23(35)32-21-10-5-9-20(15-21)25(29,30)31)17-22-11-6-13-33(22)16-18-7-4-8-19(14-18)24(26,27)28/h4-11,13-15H,2-3,12,16-17H2,1H3,(H,32,35). The molecule has 2 aromatic carbocycles. The van der Waals surface area contributed by atoms with Crippen LogP contribution in [0.3, 0.4) is 0 Å². The number of benzene rings is 2. The van der Waals surface area contributed by atoms with Crippen LogP contribution in [-0.4, -0.2) is 22.0 Å². The molecule has 0 saturated carbocycles. The Morgan fingerprint density at radius 1 is 0.914 bits per heavy atom. The zero-order valence-electron chi connectivity index (χ0n) is 19.0. The first-order valence-electron chi connectivity index (χ1n) is 11.0. The third kappa shape index (κ3) is 7.27. The highest BCUT2D eigenvalue weighted by Crippen LogP contribution is 2.31. The molecule has 0 fully saturated rings. The van der Waals surface area contributed by atoms with Crippen molar-refractivity contribution in [2.45, 2.75) is 45.2 Å². The van der Waals surface area contributed by atoms with Gasteiger partial charge in [0.15, 0.2) is 0 Å². The van der Waals surface area contributed by atoms with E-state index in [9.17, 15) is 31.1 Å². The molecular weight excluding hydrogens is 472 g/mol. The maximum atomic E-state index is 13.1. The average Bonchev–Trinajstić information content (AvgIpc) is 3.22. The summed E-state index contributed by atoms with van der Waals surface area (Å²) in [5, 5.41) is 2.52. The summed E-state index contributed by atoms with van der Waals surface area (Å²) < 4.78 is 79.9. The molecule has 188 valence electrons. The Labute approximate surface area is 199 Å². The van der Waals surface area contributed by atoms with E-state index in [2.05, 4.69) is 5.32 Å². The van der Waals surface area contributed by atoms with E-state index in [4.69, 9.17) is 0 Å². The van der Waals surface area contributed by atoms with Crippen molar-refractivity contribution in [3.8, 4) is 0 Å². The van der Waals surface area contributed by atoms with Crippen molar-refractivity contribution >= 4 is 11.7 Å². The van der Waals surface area contributed by atoms with E-state index in [1.54, 1.807) is 29.0 Å². The highest BCUT2D eigenvalue weighted by Gasteiger charge is 2.31. The van der Waals surface area contributed by atoms with E-state index in [0.29, 0.717) is 24.2 Å². The second kappa shape index (κ2) is 10.9. The first-order valence-corrected chi connectivity index (χ1v) is 11.0. The predicted molar refractivity (Wildman–Crippen MR) is 121 cm³/mol. The maximum Gasteiger partial charge on any atom is 0.416 e. The van der Waals surface area contributed by atoms with Crippen molar-refractivity contribution in [1.82, 2.24) is 9.47 Å². The molecule has 0 unspecified atom stereocenters. The Bertz CT molecular complexity index is 1140. The molecule has 0 aliphatic heterocycles. The lowest BCUT2D eigenvalue weighted by Gasteiger charge is -2.24. The molecule has 0 aliphatic rings. The van der Waals surface area contributed by atoms with Gasteiger partial charge >= 0.3 is 18.4 Å². The summed E-state index contributed by atoms with van der Waals surface area (Å²) in [5.41, 5.74) is -0.465. The largest absolute Gasteiger partial charge is 0.416 e. The van der Waals surface area contributed by atoms with Crippen molar-refractivity contribution in [3.05, 3.63) is 89.2 Å². The number of aromatic nitrogens is 1. The van der Waals surface area contributed by atoms with Gasteiger partial charge in [-0.3, -0.25) is 0 Å². The fourth-order valence-electron chi connectivity index (χ4n) is 3.56. The summed E-state index contributed by atoms with van der Waals surface area (Å²) in [6, 6.07) is 12.3. The lowest BCUT2D eigenvalue weighted by atomic mass is 10.1. The minimum absolute atomic E-state index is 0.0191. The number of halogens is 6. The van der Waals surface area contributed by atoms with Gasteiger partial charge in [-0.1, -0.05) is 31.5 Å². The third-order valence-electron chi connectivity index (χ3n) is 5.39. The summed E-state index contributed by atoms with van der Waals surface area (Å²) in [6.07, 6.45) is -5.82. The zero-order valence-corrected chi connectivity index (χ0v) is 19.0. The molecule has 0 aliphatic carbocycles. The van der Waals surface area contributed by atoms with Crippen LogP contribution in [0.4, 0.5) is 36.8 Å². The van der Waals surface area contributed by atoms with Crippen LogP contribution in [0.25, 0.3) is 0 Å². The van der Waals surface area contributed by atoms with Gasteiger partial charge in [0.25, 0.3) is 0 Å². The maximum absolute atomic E-state index is 13.1. The number of nitrogens with one attached hydrogen (secondary N) is 1. The number of nitrogens with zero attached hydrogens (tertiary/aromatic N) is 2. The first kappa shape index (κ1) is 26.2. The van der Waals surface area contributed by atoms with Crippen LogP contribution in [0, 0.1) is 0 Å². The lowest BCUT2D eigenvalue weighted by molar-refractivity contribution is -0.138. The van der Waals surface area contributed by atoms with Crippen molar-refractivity contribution in [3.63, 3.8) is 0 Å². The summed E-state index contributed by atoms with van der Waals surface area (Å²) in [4.78, 5) is 14.4. The minimum Gasteiger partial charge on any atom is -0.345 e. The van der Waals surface area contributed by atoms with Gasteiger partial charge < -0.3 is 14.8 Å². The summed E-state index contributed by atoms with van der Waals surface area (Å²) in [7, 11) is 0. The van der Waals surface area contributed by atoms with Crippen LogP contribution in [0.15, 0.2) is 66.9 Å². The predicted octanol–water partition coefficient (Wildman–Crippen LogP) is 7.41. The number of anilines is 1. The number of alkyl halides is 6. The van der Waals surface area contributed by atoms with Crippen LogP contribution >= 0.6 is 0 Å². The van der Waals surface area contributed by atoms with Crippen LogP contribution in [0.2, 0.25) is 0 Å². The third-order valence-corrected chi connectivity index (χ3v) is 5.39. The number of carbonyl (C=O) groups is 1. The fourth-order valence-corrected chi connectivity index (χ4v) is 3.56. The Morgan fingerprint density at radius 3 is 2.23 bits per heavy atom. The zero-order chi connectivity index (χ0) is 25.6. The first-order chi connectivity index (χ1) is 16.5. The van der Waals surface area contributed by atoms with Gasteiger partial charge in [-0.05, 0) is 54.4 Å². The molecule has 0 saturated heterocycles. The van der Waals surface area contributed by atoms with Crippen LogP contribution in [-0.2, 0) is 25.4 Å². The van der Waals surface area contributed by atoms with Crippen molar-refractivity contribution in [2.24, 2.45) is 0 Å². The summed E-state index contributed by atoms with van der Waals surface area (Å²) >= 11 is 0. The normalized spacial score (nSPS) is 12.0. The highest BCUT2D eigenvalue weighted by atomic mass is 19.4. The quantitative estimate of drug-likeness (QED) is 0.323. The molecule has 1 aromatic heterocycles. The molecule has 0 spiro atoms. The van der Waals surface area contributed by atoms with Crippen molar-refractivity contribution in [1.29, 1.82) is 0 Å². The number of unbranched alkanes of at least 4 members (excludes halogenated alkanes) is 1. The Kier molecular flexibility index (Phi) is 8.14. The molecule has 35 heavy (non-hydrogen) atoms. The molecular formula is C25H25F6N3O. The van der Waals surface area contributed by atoms with E-state index in [1.807, 2.05) is 6.92 Å². The molecule has 0 radical (unpaired) electrons. The van der Waals surface area contributed by atoms with Gasteiger partial charge in [0.1, 0.15) is 0 Å². The van der Waals surface area contributed by atoms with Gasteiger partial charge in [0, 0.05) is 30.7 Å². The Hall–Kier alpha value is -3.43. The number of amides is 2.